The summed E-state index contributed by atoms with van der Waals surface area (Å²) in [5.41, 5.74) is 1.14. The van der Waals surface area contributed by atoms with Crippen molar-refractivity contribution in [2.45, 2.75) is 37.3 Å². The predicted octanol–water partition coefficient (Wildman–Crippen LogP) is 4.02. The molecule has 0 aromatic heterocycles. The van der Waals surface area contributed by atoms with E-state index in [0.717, 1.165) is 10.5 Å². The predicted molar refractivity (Wildman–Crippen MR) is 56.7 cm³/mol. The summed E-state index contributed by atoms with van der Waals surface area (Å²) in [5.74, 6) is -0.155. The average molecular weight is 198 g/mol. The molecule has 0 aliphatic carbocycles. The molecular weight excluding hydrogens is 183 g/mol. The minimum Gasteiger partial charge on any atom is -0.207 e. The SMILES string of the molecule is Cc1ccc(F)cc1SC(C)(C)C. The zero-order chi connectivity index (χ0) is 10.1. The van der Waals surface area contributed by atoms with Crippen LogP contribution in [0.3, 0.4) is 0 Å². The minimum absolute atomic E-state index is 0.137. The number of rotatable bonds is 1. The molecule has 1 rings (SSSR count). The van der Waals surface area contributed by atoms with Gasteiger partial charge in [-0.05, 0) is 24.6 Å². The Morgan fingerprint density at radius 2 is 1.85 bits per heavy atom. The summed E-state index contributed by atoms with van der Waals surface area (Å²) in [7, 11) is 0. The fraction of sp³-hybridized carbons (Fsp3) is 0.455. The molecule has 13 heavy (non-hydrogen) atoms. The van der Waals surface area contributed by atoms with Gasteiger partial charge in [0.15, 0.2) is 0 Å². The fourth-order valence-electron chi connectivity index (χ4n) is 1.01. The van der Waals surface area contributed by atoms with E-state index < -0.39 is 0 Å². The molecule has 0 bridgehead atoms. The largest absolute Gasteiger partial charge is 0.207 e. The van der Waals surface area contributed by atoms with Crippen molar-refractivity contribution < 1.29 is 4.39 Å². The molecule has 1 aromatic rings. The molecule has 0 nitrogen and oxygen atoms in total. The maximum absolute atomic E-state index is 12.9. The monoisotopic (exact) mass is 198 g/mol. The van der Waals surface area contributed by atoms with Crippen LogP contribution >= 0.6 is 11.8 Å². The Bertz CT molecular complexity index is 299. The summed E-state index contributed by atoms with van der Waals surface area (Å²) in [5, 5.41) is 0. The topological polar surface area (TPSA) is 0 Å². The van der Waals surface area contributed by atoms with Gasteiger partial charge in [0.1, 0.15) is 5.82 Å². The van der Waals surface area contributed by atoms with E-state index in [4.69, 9.17) is 0 Å². The van der Waals surface area contributed by atoms with Crippen LogP contribution < -0.4 is 0 Å². The zero-order valence-corrected chi connectivity index (χ0v) is 9.33. The highest BCUT2D eigenvalue weighted by molar-refractivity contribution is 8.00. The van der Waals surface area contributed by atoms with Gasteiger partial charge in [0.25, 0.3) is 0 Å². The third-order valence-corrected chi connectivity index (χ3v) is 2.84. The number of thioether (sulfide) groups is 1. The molecule has 0 saturated heterocycles. The summed E-state index contributed by atoms with van der Waals surface area (Å²) in [4.78, 5) is 1.03. The molecule has 72 valence electrons. The molecule has 0 N–H and O–H groups in total. The lowest BCUT2D eigenvalue weighted by Crippen LogP contribution is -2.07. The highest BCUT2D eigenvalue weighted by Gasteiger charge is 2.13. The molecule has 0 heterocycles. The number of benzene rings is 1. The third-order valence-electron chi connectivity index (χ3n) is 1.57. The van der Waals surface area contributed by atoms with Gasteiger partial charge >= 0.3 is 0 Å². The molecule has 0 spiro atoms. The van der Waals surface area contributed by atoms with Crippen LogP contribution in [0.25, 0.3) is 0 Å². The first-order chi connectivity index (χ1) is 5.88. The lowest BCUT2D eigenvalue weighted by Gasteiger charge is -2.18. The van der Waals surface area contributed by atoms with Gasteiger partial charge in [-0.3, -0.25) is 0 Å². The van der Waals surface area contributed by atoms with Crippen molar-refractivity contribution in [3.8, 4) is 0 Å². The Labute approximate surface area is 83.5 Å². The van der Waals surface area contributed by atoms with Crippen molar-refractivity contribution >= 4 is 11.8 Å². The second-order valence-electron chi connectivity index (χ2n) is 4.12. The highest BCUT2D eigenvalue weighted by atomic mass is 32.2. The van der Waals surface area contributed by atoms with E-state index in [-0.39, 0.29) is 10.6 Å². The molecule has 2 heteroatoms. The number of aryl methyl sites for hydroxylation is 1. The zero-order valence-electron chi connectivity index (χ0n) is 8.52. The first kappa shape index (κ1) is 10.6. The van der Waals surface area contributed by atoms with Crippen LogP contribution in [0.1, 0.15) is 26.3 Å². The quantitative estimate of drug-likeness (QED) is 0.614. The van der Waals surface area contributed by atoms with Gasteiger partial charge in [-0.25, -0.2) is 4.39 Å². The molecule has 0 atom stereocenters. The summed E-state index contributed by atoms with van der Waals surface area (Å²) >= 11 is 1.70. The average Bonchev–Trinajstić information content (AvgIpc) is 1.94. The first-order valence-electron chi connectivity index (χ1n) is 4.34. The molecule has 0 saturated carbocycles. The molecule has 0 radical (unpaired) electrons. The van der Waals surface area contributed by atoms with Crippen molar-refractivity contribution in [1.82, 2.24) is 0 Å². The minimum atomic E-state index is -0.155. The van der Waals surface area contributed by atoms with E-state index >= 15 is 0 Å². The van der Waals surface area contributed by atoms with Crippen LogP contribution in [-0.2, 0) is 0 Å². The Morgan fingerprint density at radius 1 is 1.23 bits per heavy atom. The van der Waals surface area contributed by atoms with Crippen LogP contribution in [-0.4, -0.2) is 4.75 Å². The first-order valence-corrected chi connectivity index (χ1v) is 5.15. The normalized spacial score (nSPS) is 11.8. The molecular formula is C11H15FS. The van der Waals surface area contributed by atoms with Crippen molar-refractivity contribution in [1.29, 1.82) is 0 Å². The van der Waals surface area contributed by atoms with Gasteiger partial charge in [-0.15, -0.1) is 11.8 Å². The molecule has 1 aromatic carbocycles. The van der Waals surface area contributed by atoms with Gasteiger partial charge in [0.2, 0.25) is 0 Å². The highest BCUT2D eigenvalue weighted by Crippen LogP contribution is 2.34. The van der Waals surface area contributed by atoms with Crippen LogP contribution in [0.15, 0.2) is 23.1 Å². The maximum atomic E-state index is 12.9. The van der Waals surface area contributed by atoms with Crippen molar-refractivity contribution in [3.63, 3.8) is 0 Å². The van der Waals surface area contributed by atoms with E-state index in [2.05, 4.69) is 20.8 Å². The van der Waals surface area contributed by atoms with Gasteiger partial charge in [0.05, 0.1) is 0 Å². The van der Waals surface area contributed by atoms with Crippen molar-refractivity contribution in [2.75, 3.05) is 0 Å². The van der Waals surface area contributed by atoms with Gasteiger partial charge < -0.3 is 0 Å². The Hall–Kier alpha value is -0.500. The Kier molecular flexibility index (Phi) is 3.01. The second-order valence-corrected chi connectivity index (χ2v) is 5.99. The maximum Gasteiger partial charge on any atom is 0.124 e. The number of hydrogen-bond donors (Lipinski definition) is 0. The van der Waals surface area contributed by atoms with E-state index in [9.17, 15) is 4.39 Å². The summed E-state index contributed by atoms with van der Waals surface area (Å²) in [6.07, 6.45) is 0. The smallest absolute Gasteiger partial charge is 0.124 e. The molecule has 0 amide bonds. The Morgan fingerprint density at radius 3 is 2.38 bits per heavy atom. The summed E-state index contributed by atoms with van der Waals surface area (Å²) < 4.78 is 13.0. The second kappa shape index (κ2) is 3.70. The van der Waals surface area contributed by atoms with Gasteiger partial charge in [0, 0.05) is 9.64 Å². The van der Waals surface area contributed by atoms with Gasteiger partial charge in [-0.2, -0.15) is 0 Å². The standard InChI is InChI=1S/C11H15FS/c1-8-5-6-9(12)7-10(8)13-11(2,3)4/h5-7H,1-4H3. The summed E-state index contributed by atoms with van der Waals surface area (Å²) in [6.45, 7) is 8.39. The lowest BCUT2D eigenvalue weighted by molar-refractivity contribution is 0.623. The number of halogens is 1. The molecule has 0 unspecified atom stereocenters. The summed E-state index contributed by atoms with van der Waals surface area (Å²) in [6, 6.07) is 4.93. The van der Waals surface area contributed by atoms with Crippen LogP contribution in [0.4, 0.5) is 4.39 Å². The molecule has 0 aliphatic rings. The van der Waals surface area contributed by atoms with E-state index in [0.29, 0.717) is 0 Å². The molecule has 0 aliphatic heterocycles. The van der Waals surface area contributed by atoms with E-state index in [1.165, 1.54) is 6.07 Å². The van der Waals surface area contributed by atoms with E-state index in [1.807, 2.05) is 13.0 Å². The number of hydrogen-bond acceptors (Lipinski definition) is 1. The van der Waals surface area contributed by atoms with Crippen LogP contribution in [0.2, 0.25) is 0 Å². The van der Waals surface area contributed by atoms with Crippen molar-refractivity contribution in [3.05, 3.63) is 29.6 Å². The van der Waals surface area contributed by atoms with Crippen LogP contribution in [0, 0.1) is 12.7 Å². The molecule has 0 fully saturated rings. The van der Waals surface area contributed by atoms with Crippen LogP contribution in [0.5, 0.6) is 0 Å². The third kappa shape index (κ3) is 3.39. The van der Waals surface area contributed by atoms with E-state index in [1.54, 1.807) is 17.8 Å². The van der Waals surface area contributed by atoms with Crippen molar-refractivity contribution in [2.24, 2.45) is 0 Å². The Balaban J connectivity index is 2.94. The lowest BCUT2D eigenvalue weighted by atomic mass is 10.2. The fourth-order valence-corrected chi connectivity index (χ4v) is 2.07. The van der Waals surface area contributed by atoms with Gasteiger partial charge in [-0.1, -0.05) is 26.8 Å².